The van der Waals surface area contributed by atoms with Gasteiger partial charge in [-0.15, -0.1) is 17.7 Å². The number of benzene rings is 4. The van der Waals surface area contributed by atoms with E-state index >= 15 is 0 Å². The van der Waals surface area contributed by atoms with Gasteiger partial charge in [0.05, 0.1) is 11.3 Å². The Hall–Kier alpha value is -3.92. The first-order chi connectivity index (χ1) is 25.2. The van der Waals surface area contributed by atoms with Crippen LogP contribution in [-0.4, -0.2) is 10.9 Å². The third kappa shape index (κ3) is 8.42. The zero-order valence-electron chi connectivity index (χ0n) is 32.4. The van der Waals surface area contributed by atoms with E-state index in [1.807, 2.05) is 33.8 Å². The zero-order valence-corrected chi connectivity index (χ0v) is 34.8. The van der Waals surface area contributed by atoms with Crippen LogP contribution < -0.4 is 4.57 Å². The van der Waals surface area contributed by atoms with Gasteiger partial charge in [-0.3, -0.25) is 4.79 Å². The van der Waals surface area contributed by atoms with Crippen LogP contribution in [0.3, 0.4) is 0 Å². The Bertz CT molecular complexity index is 2210. The van der Waals surface area contributed by atoms with Gasteiger partial charge in [-0.05, 0) is 96.9 Å². The maximum atomic E-state index is 11.7. The minimum Gasteiger partial charge on any atom is -0.512 e. The van der Waals surface area contributed by atoms with Crippen molar-refractivity contribution in [1.82, 2.24) is 0 Å². The number of carbonyl (C=O) groups is 1. The van der Waals surface area contributed by atoms with Crippen LogP contribution in [0.2, 0.25) is 0 Å². The number of aliphatic hydroxyl groups excluding tert-OH is 1. The summed E-state index contributed by atoms with van der Waals surface area (Å²) in [5, 5.41) is 16.0. The molecule has 0 atom stereocenters. The number of rotatable bonds is 11. The molecule has 7 rings (SSSR count). The van der Waals surface area contributed by atoms with E-state index in [0.29, 0.717) is 11.8 Å². The van der Waals surface area contributed by atoms with Crippen molar-refractivity contribution < 1.29 is 39.0 Å². The summed E-state index contributed by atoms with van der Waals surface area (Å²) >= 11 is 0. The minimum atomic E-state index is 0. The van der Waals surface area contributed by atoms with Crippen LogP contribution in [-0.2, 0) is 31.3 Å². The first kappa shape index (κ1) is 40.3. The maximum absolute atomic E-state index is 11.7. The number of nitrogens with zero attached hydrogens (tertiary/aromatic N) is 1. The molecule has 1 N–H and O–H groups in total. The van der Waals surface area contributed by atoms with Gasteiger partial charge in [0.2, 0.25) is 0 Å². The van der Waals surface area contributed by atoms with E-state index in [1.54, 1.807) is 0 Å². The number of hydrogen-bond acceptors (Lipinski definition) is 3. The monoisotopic (exact) mass is 887 g/mol. The largest absolute Gasteiger partial charge is 0.512 e. The van der Waals surface area contributed by atoms with E-state index in [-0.39, 0.29) is 43.5 Å². The number of para-hydroxylation sites is 1. The number of ketones is 1. The Morgan fingerprint density at radius 2 is 1.53 bits per heavy atom. The Morgan fingerprint density at radius 3 is 2.19 bits per heavy atom. The van der Waals surface area contributed by atoms with Crippen molar-refractivity contribution in [2.75, 3.05) is 0 Å². The van der Waals surface area contributed by atoms with Crippen molar-refractivity contribution in [2.24, 2.45) is 17.8 Å². The summed E-state index contributed by atoms with van der Waals surface area (Å²) in [5.41, 5.74) is 7.78. The Balaban J connectivity index is 0.000000290. The van der Waals surface area contributed by atoms with E-state index in [4.69, 9.17) is 4.42 Å². The van der Waals surface area contributed by atoms with Crippen LogP contribution in [0, 0.1) is 30.9 Å². The minimum absolute atomic E-state index is 0. The number of aliphatic hydroxyl groups is 1. The fraction of sp³-hybridized carbons (Fsp3) is 0.396. The van der Waals surface area contributed by atoms with Crippen molar-refractivity contribution in [3.8, 4) is 11.3 Å². The molecule has 0 aliphatic heterocycles. The van der Waals surface area contributed by atoms with Gasteiger partial charge in [-0.1, -0.05) is 108 Å². The summed E-state index contributed by atoms with van der Waals surface area (Å²) in [4.78, 5) is 11.7. The molecule has 1 aliphatic rings. The van der Waals surface area contributed by atoms with Crippen molar-refractivity contribution in [3.63, 3.8) is 0 Å². The molecule has 0 saturated heterocycles. The van der Waals surface area contributed by atoms with E-state index < -0.39 is 0 Å². The molecule has 2 aromatic heterocycles. The summed E-state index contributed by atoms with van der Waals surface area (Å²) in [7, 11) is 4.61. The van der Waals surface area contributed by atoms with Gasteiger partial charge in [0, 0.05) is 55.8 Å². The van der Waals surface area contributed by atoms with Gasteiger partial charge in [0.1, 0.15) is 16.8 Å². The molecule has 1 aliphatic carbocycles. The van der Waals surface area contributed by atoms with Crippen molar-refractivity contribution in [2.45, 2.75) is 105 Å². The Labute approximate surface area is 330 Å². The number of aromatic nitrogens is 1. The number of allylic oxidation sites excluding steroid dienone is 2. The van der Waals surface area contributed by atoms with Gasteiger partial charge in [0.25, 0.3) is 0 Å². The molecule has 0 amide bonds. The average molecular weight is 887 g/mol. The molecular formula is C48H56IrNO3-. The standard InChI is InChI=1S/C35H32NO.C13H24O2.Ir/c1-22(2)18-23-19-29-27-14-8-9-15-33(27)37-35(29)30(20-23)32-21-28(24-10-4-5-11-24)34-26-13-7-6-12-25(26)16-17-31(34)36(32)3;1-5-10(6-2)12(14)9-13(15)11(7-3)8-4;/h6-9,12-17,19,21-22,24H,3-5,10-11,18H2,1-2H3;9-11,14H,5-8H2,1-4H3;/q-1;;/b;12-9-;. The van der Waals surface area contributed by atoms with E-state index in [0.717, 1.165) is 59.9 Å². The van der Waals surface area contributed by atoms with E-state index in [1.165, 1.54) is 69.9 Å². The normalized spacial score (nSPS) is 13.8. The molecule has 0 bridgehead atoms. The molecule has 2 heterocycles. The molecule has 6 aromatic rings. The SMILES string of the molecule is CCC(CC)C(=O)/C=C(\O)C(CC)CC.[CH2-][n+]1c(-c2[c-]c(CC(C)C)cc3c2oc2ccccc23)cc(C2CCCC2)c2c3ccccc3ccc21.[Ir]. The fourth-order valence-electron chi connectivity index (χ4n) is 8.31. The smallest absolute Gasteiger partial charge is 0.162 e. The van der Waals surface area contributed by atoms with Crippen LogP contribution in [0.5, 0.6) is 0 Å². The Kier molecular flexibility index (Phi) is 13.6. The molecule has 1 fully saturated rings. The summed E-state index contributed by atoms with van der Waals surface area (Å²) in [5.74, 6) is 1.66. The quantitative estimate of drug-likeness (QED) is 0.0464. The average Bonchev–Trinajstić information content (AvgIpc) is 3.81. The molecule has 281 valence electrons. The summed E-state index contributed by atoms with van der Waals surface area (Å²) in [6, 6.07) is 30.1. The number of fused-ring (bicyclic) bond motifs is 6. The van der Waals surface area contributed by atoms with Crippen LogP contribution in [0.1, 0.15) is 110 Å². The number of furan rings is 1. The van der Waals surface area contributed by atoms with E-state index in [9.17, 15) is 9.90 Å². The third-order valence-electron chi connectivity index (χ3n) is 11.3. The van der Waals surface area contributed by atoms with Crippen LogP contribution in [0.25, 0.3) is 54.9 Å². The molecule has 1 saturated carbocycles. The molecule has 5 heteroatoms. The molecule has 0 spiro atoms. The van der Waals surface area contributed by atoms with Gasteiger partial charge < -0.3 is 14.1 Å². The fourth-order valence-corrected chi connectivity index (χ4v) is 8.31. The topological polar surface area (TPSA) is 54.3 Å². The van der Waals surface area contributed by atoms with Gasteiger partial charge in [-0.2, -0.15) is 0 Å². The first-order valence-corrected chi connectivity index (χ1v) is 19.7. The van der Waals surface area contributed by atoms with Crippen LogP contribution in [0.4, 0.5) is 0 Å². The van der Waals surface area contributed by atoms with Crippen molar-refractivity contribution in [1.29, 1.82) is 0 Å². The molecule has 0 unspecified atom stereocenters. The van der Waals surface area contributed by atoms with Crippen LogP contribution >= 0.6 is 0 Å². The van der Waals surface area contributed by atoms with Gasteiger partial charge in [0.15, 0.2) is 5.78 Å². The van der Waals surface area contributed by atoms with Crippen molar-refractivity contribution >= 4 is 49.4 Å². The third-order valence-corrected chi connectivity index (χ3v) is 11.3. The number of hydrogen-bond donors (Lipinski definition) is 1. The predicted molar refractivity (Wildman–Crippen MR) is 218 cm³/mol. The van der Waals surface area contributed by atoms with Crippen molar-refractivity contribution in [3.05, 3.63) is 109 Å². The zero-order chi connectivity index (χ0) is 36.9. The number of pyridine rings is 1. The molecular weight excluding hydrogens is 831 g/mol. The second-order valence-electron chi connectivity index (χ2n) is 15.2. The first-order valence-electron chi connectivity index (χ1n) is 19.7. The molecule has 4 aromatic carbocycles. The number of carbonyl (C=O) groups excluding carboxylic acids is 1. The van der Waals surface area contributed by atoms with Gasteiger partial charge >= 0.3 is 0 Å². The van der Waals surface area contributed by atoms with Gasteiger partial charge in [-0.25, -0.2) is 0 Å². The molecule has 4 nitrogen and oxygen atoms in total. The summed E-state index contributed by atoms with van der Waals surface area (Å²) in [6.45, 7) is 12.6. The van der Waals surface area contributed by atoms with E-state index in [2.05, 4.69) is 98.3 Å². The maximum Gasteiger partial charge on any atom is 0.162 e. The second-order valence-corrected chi connectivity index (χ2v) is 15.2. The molecule has 1 radical (unpaired) electrons. The summed E-state index contributed by atoms with van der Waals surface area (Å²) < 4.78 is 8.65. The predicted octanol–water partition coefficient (Wildman–Crippen LogP) is 13.0. The molecule has 53 heavy (non-hydrogen) atoms. The summed E-state index contributed by atoms with van der Waals surface area (Å²) in [6.07, 6.45) is 11.0. The van der Waals surface area contributed by atoms with Crippen LogP contribution in [0.15, 0.2) is 89.0 Å². The second kappa shape index (κ2) is 17.9. The Morgan fingerprint density at radius 1 is 0.887 bits per heavy atom.